The molecule has 0 aliphatic rings. The van der Waals surface area contributed by atoms with Crippen molar-refractivity contribution in [3.8, 4) is 28.8 Å². The molecule has 40 heavy (non-hydrogen) atoms. The Morgan fingerprint density at radius 2 is 1.65 bits per heavy atom. The molecule has 0 aliphatic heterocycles. The molecule has 0 fully saturated rings. The Hall–Kier alpha value is -5.45. The second kappa shape index (κ2) is 9.09. The van der Waals surface area contributed by atoms with E-state index < -0.39 is 17.2 Å². The van der Waals surface area contributed by atoms with E-state index in [1.54, 1.807) is 31.3 Å². The van der Waals surface area contributed by atoms with Crippen LogP contribution in [-0.2, 0) is 21.1 Å². The minimum Gasteiger partial charge on any atom is -0.493 e. The number of fused-ring (bicyclic) bond motifs is 4. The monoisotopic (exact) mass is 537 g/mol. The van der Waals surface area contributed by atoms with Gasteiger partial charge in [0, 0.05) is 32.1 Å². The Bertz CT molecular complexity index is 2140. The van der Waals surface area contributed by atoms with Crippen molar-refractivity contribution in [1.82, 2.24) is 23.7 Å². The third-order valence-electron chi connectivity index (χ3n) is 7.02. The number of hydrogen-bond acceptors (Lipinski definition) is 7. The van der Waals surface area contributed by atoms with Gasteiger partial charge in [0.25, 0.3) is 5.56 Å². The molecule has 0 unspecified atom stereocenters. The standard InChI is InChI=1S/C29H23N5O6/c1-32-24-25(33(2)29(38)34(3)26(24)35)31-28(32)40-21-12-10-16(13-22(21)39-4)20-14-18(27(36)37)23-17-8-6-5-7-15(17)9-11-19(23)30-20/h5-14H,1-4H3,(H,36,37). The lowest BCUT2D eigenvalue weighted by Crippen LogP contribution is -2.37. The Labute approximate surface area is 226 Å². The molecular weight excluding hydrogens is 514 g/mol. The Morgan fingerprint density at radius 3 is 2.40 bits per heavy atom. The fourth-order valence-corrected chi connectivity index (χ4v) is 4.92. The number of aromatic carboxylic acids is 1. The maximum atomic E-state index is 12.7. The van der Waals surface area contributed by atoms with Gasteiger partial charge in [-0.2, -0.15) is 4.98 Å². The van der Waals surface area contributed by atoms with Crippen LogP contribution in [-0.4, -0.2) is 41.9 Å². The molecule has 0 saturated heterocycles. The van der Waals surface area contributed by atoms with Crippen molar-refractivity contribution in [3.63, 3.8) is 0 Å². The van der Waals surface area contributed by atoms with Crippen molar-refractivity contribution in [3.05, 3.63) is 87.1 Å². The molecule has 6 rings (SSSR count). The maximum absolute atomic E-state index is 12.7. The summed E-state index contributed by atoms with van der Waals surface area (Å²) in [6.45, 7) is 0. The van der Waals surface area contributed by atoms with Crippen LogP contribution >= 0.6 is 0 Å². The first kappa shape index (κ1) is 24.9. The summed E-state index contributed by atoms with van der Waals surface area (Å²) >= 11 is 0. The number of aryl methyl sites for hydroxylation is 2. The fourth-order valence-electron chi connectivity index (χ4n) is 4.92. The third kappa shape index (κ3) is 3.70. The number of carboxylic acids is 1. The van der Waals surface area contributed by atoms with Gasteiger partial charge in [0.2, 0.25) is 0 Å². The summed E-state index contributed by atoms with van der Waals surface area (Å²) in [5.74, 6) is -0.417. The number of carbonyl (C=O) groups is 1. The van der Waals surface area contributed by atoms with Crippen LogP contribution in [0, 0.1) is 0 Å². The van der Waals surface area contributed by atoms with E-state index in [-0.39, 0.29) is 22.7 Å². The Morgan fingerprint density at radius 1 is 0.875 bits per heavy atom. The average Bonchev–Trinajstić information content (AvgIpc) is 3.29. The number of aromatic nitrogens is 5. The highest BCUT2D eigenvalue weighted by molar-refractivity contribution is 6.15. The van der Waals surface area contributed by atoms with Crippen molar-refractivity contribution in [2.45, 2.75) is 0 Å². The molecule has 0 atom stereocenters. The van der Waals surface area contributed by atoms with Gasteiger partial charge in [-0.3, -0.25) is 18.5 Å². The Kier molecular flexibility index (Phi) is 5.65. The minimum absolute atomic E-state index is 0.0863. The predicted molar refractivity (Wildman–Crippen MR) is 149 cm³/mol. The van der Waals surface area contributed by atoms with Gasteiger partial charge in [-0.15, -0.1) is 0 Å². The third-order valence-corrected chi connectivity index (χ3v) is 7.02. The lowest BCUT2D eigenvalue weighted by Gasteiger charge is -2.13. The largest absolute Gasteiger partial charge is 0.493 e. The molecular formula is C29H23N5O6. The van der Waals surface area contributed by atoms with Gasteiger partial charge in [0.1, 0.15) is 0 Å². The molecule has 11 nitrogen and oxygen atoms in total. The van der Waals surface area contributed by atoms with Crippen molar-refractivity contribution >= 4 is 38.8 Å². The summed E-state index contributed by atoms with van der Waals surface area (Å²) in [4.78, 5) is 46.5. The van der Waals surface area contributed by atoms with Crippen LogP contribution in [0.5, 0.6) is 17.5 Å². The Balaban J connectivity index is 1.46. The molecule has 0 aliphatic carbocycles. The van der Waals surface area contributed by atoms with Crippen LogP contribution in [0.1, 0.15) is 10.4 Å². The van der Waals surface area contributed by atoms with E-state index in [4.69, 9.17) is 14.5 Å². The molecule has 0 spiro atoms. The zero-order chi connectivity index (χ0) is 28.3. The van der Waals surface area contributed by atoms with Gasteiger partial charge in [-0.1, -0.05) is 30.3 Å². The summed E-state index contributed by atoms with van der Waals surface area (Å²) in [6.07, 6.45) is 0. The van der Waals surface area contributed by atoms with Crippen LogP contribution in [0.25, 0.3) is 44.1 Å². The molecule has 0 radical (unpaired) electrons. The summed E-state index contributed by atoms with van der Waals surface area (Å²) in [7, 11) is 6.02. The number of carboxylic acid groups (broad SMARTS) is 1. The minimum atomic E-state index is -1.06. The van der Waals surface area contributed by atoms with E-state index in [0.717, 1.165) is 15.3 Å². The molecule has 6 aromatic rings. The lowest BCUT2D eigenvalue weighted by atomic mass is 9.98. The van der Waals surface area contributed by atoms with E-state index in [2.05, 4.69) is 4.98 Å². The zero-order valence-corrected chi connectivity index (χ0v) is 22.0. The van der Waals surface area contributed by atoms with Gasteiger partial charge in [-0.05, 0) is 41.1 Å². The number of benzene rings is 3. The van der Waals surface area contributed by atoms with Gasteiger partial charge in [-0.25, -0.2) is 14.6 Å². The number of imidazole rings is 1. The van der Waals surface area contributed by atoms with Gasteiger partial charge in [0.05, 0.1) is 23.9 Å². The topological polar surface area (TPSA) is 130 Å². The van der Waals surface area contributed by atoms with Crippen LogP contribution in [0.4, 0.5) is 0 Å². The summed E-state index contributed by atoms with van der Waals surface area (Å²) < 4.78 is 15.4. The van der Waals surface area contributed by atoms with E-state index >= 15 is 0 Å². The van der Waals surface area contributed by atoms with Crippen molar-refractivity contribution < 1.29 is 19.4 Å². The van der Waals surface area contributed by atoms with Crippen LogP contribution in [0.3, 0.4) is 0 Å². The number of nitrogens with zero attached hydrogens (tertiary/aromatic N) is 5. The van der Waals surface area contributed by atoms with Crippen LogP contribution in [0.15, 0.2) is 70.3 Å². The normalized spacial score (nSPS) is 11.4. The average molecular weight is 538 g/mol. The second-order valence-corrected chi connectivity index (χ2v) is 9.34. The first-order valence-electron chi connectivity index (χ1n) is 12.2. The molecule has 3 heterocycles. The molecule has 1 N–H and O–H groups in total. The maximum Gasteiger partial charge on any atom is 0.336 e. The second-order valence-electron chi connectivity index (χ2n) is 9.34. The number of pyridine rings is 1. The molecule has 0 saturated carbocycles. The number of rotatable bonds is 5. The molecule has 3 aromatic heterocycles. The number of methoxy groups -OCH3 is 1. The lowest BCUT2D eigenvalue weighted by molar-refractivity contribution is 0.0699. The van der Waals surface area contributed by atoms with Crippen LogP contribution < -0.4 is 20.7 Å². The molecule has 0 bridgehead atoms. The highest BCUT2D eigenvalue weighted by Crippen LogP contribution is 2.37. The first-order valence-corrected chi connectivity index (χ1v) is 12.2. The predicted octanol–water partition coefficient (Wildman–Crippen LogP) is 3.84. The van der Waals surface area contributed by atoms with Gasteiger partial charge in [0.15, 0.2) is 22.7 Å². The van der Waals surface area contributed by atoms with Gasteiger partial charge >= 0.3 is 17.7 Å². The van der Waals surface area contributed by atoms with Crippen molar-refractivity contribution in [2.24, 2.45) is 21.1 Å². The molecule has 0 amide bonds. The molecule has 200 valence electrons. The molecule has 3 aromatic carbocycles. The quantitative estimate of drug-likeness (QED) is 0.328. The molecule has 11 heteroatoms. The highest BCUT2D eigenvalue weighted by Gasteiger charge is 2.21. The summed E-state index contributed by atoms with van der Waals surface area (Å²) in [5, 5.41) is 12.4. The van der Waals surface area contributed by atoms with Crippen molar-refractivity contribution in [2.75, 3.05) is 7.11 Å². The van der Waals surface area contributed by atoms with E-state index in [1.165, 1.54) is 30.3 Å². The highest BCUT2D eigenvalue weighted by atomic mass is 16.5. The summed E-state index contributed by atoms with van der Waals surface area (Å²) in [5.41, 5.74) is 1.17. The van der Waals surface area contributed by atoms with E-state index in [9.17, 15) is 19.5 Å². The smallest absolute Gasteiger partial charge is 0.336 e. The zero-order valence-electron chi connectivity index (χ0n) is 22.0. The fraction of sp³-hybridized carbons (Fsp3) is 0.138. The van der Waals surface area contributed by atoms with E-state index in [1.807, 2.05) is 36.4 Å². The first-order chi connectivity index (χ1) is 19.2. The van der Waals surface area contributed by atoms with Gasteiger partial charge < -0.3 is 14.6 Å². The van der Waals surface area contributed by atoms with Crippen molar-refractivity contribution in [1.29, 1.82) is 0 Å². The van der Waals surface area contributed by atoms with Crippen LogP contribution in [0.2, 0.25) is 0 Å². The van der Waals surface area contributed by atoms with E-state index in [0.29, 0.717) is 33.7 Å². The summed E-state index contributed by atoms with van der Waals surface area (Å²) in [6, 6.07) is 18.0. The number of ether oxygens (including phenoxy) is 2. The SMILES string of the molecule is COc1cc(-c2cc(C(=O)O)c3c(ccc4ccccc43)n2)ccc1Oc1nc2c(c(=O)n(C)c(=O)n2C)n1C. The number of hydrogen-bond donors (Lipinski definition) is 1.